The van der Waals surface area contributed by atoms with Gasteiger partial charge in [0.25, 0.3) is 0 Å². The molecule has 0 spiro atoms. The van der Waals surface area contributed by atoms with Crippen LogP contribution in [-0.2, 0) is 0 Å². The molecular formula is C8H12ClI. The van der Waals surface area contributed by atoms with Crippen molar-refractivity contribution in [2.75, 3.05) is 0 Å². The second-order valence-electron chi connectivity index (χ2n) is 2.85. The summed E-state index contributed by atoms with van der Waals surface area (Å²) in [6.07, 6.45) is 9.09. The van der Waals surface area contributed by atoms with E-state index in [1.165, 1.54) is 32.1 Å². The predicted molar refractivity (Wildman–Crippen MR) is 54.5 cm³/mol. The molecule has 0 aromatic carbocycles. The van der Waals surface area contributed by atoms with Crippen molar-refractivity contribution in [3.63, 3.8) is 0 Å². The van der Waals surface area contributed by atoms with Crippen molar-refractivity contribution in [1.82, 2.24) is 0 Å². The van der Waals surface area contributed by atoms with Crippen molar-refractivity contribution in [3.05, 3.63) is 9.12 Å². The van der Waals surface area contributed by atoms with Gasteiger partial charge in [0.2, 0.25) is 0 Å². The van der Waals surface area contributed by atoms with Gasteiger partial charge in [-0.2, -0.15) is 0 Å². The lowest BCUT2D eigenvalue weighted by molar-refractivity contribution is 0.419. The highest BCUT2D eigenvalue weighted by Gasteiger charge is 2.10. The van der Waals surface area contributed by atoms with E-state index in [4.69, 9.17) is 11.6 Å². The highest BCUT2D eigenvalue weighted by Crippen LogP contribution is 2.27. The zero-order chi connectivity index (χ0) is 7.40. The maximum atomic E-state index is 5.76. The maximum absolute atomic E-state index is 5.76. The summed E-state index contributed by atoms with van der Waals surface area (Å²) < 4.78 is 0.935. The summed E-state index contributed by atoms with van der Waals surface area (Å²) in [4.78, 5) is 0. The minimum Gasteiger partial charge on any atom is -0.0775 e. The fourth-order valence-corrected chi connectivity index (χ4v) is 2.17. The van der Waals surface area contributed by atoms with Crippen molar-refractivity contribution in [2.45, 2.75) is 32.1 Å². The molecule has 0 aromatic rings. The van der Waals surface area contributed by atoms with Crippen molar-refractivity contribution in [1.29, 1.82) is 0 Å². The third kappa shape index (κ3) is 3.24. The summed E-state index contributed by atoms with van der Waals surface area (Å²) in [6, 6.07) is 0. The summed E-state index contributed by atoms with van der Waals surface area (Å²) in [7, 11) is 0. The van der Waals surface area contributed by atoms with Crippen LogP contribution in [0.5, 0.6) is 0 Å². The topological polar surface area (TPSA) is 0 Å². The van der Waals surface area contributed by atoms with Crippen molar-refractivity contribution in [2.24, 2.45) is 5.92 Å². The lowest BCUT2D eigenvalue weighted by atomic mass is 9.90. The Morgan fingerprint density at radius 1 is 1.30 bits per heavy atom. The number of rotatable bonds is 1. The average molecular weight is 271 g/mol. The van der Waals surface area contributed by atoms with Gasteiger partial charge in [-0.1, -0.05) is 36.9 Å². The molecule has 0 saturated heterocycles. The summed E-state index contributed by atoms with van der Waals surface area (Å²) in [5.41, 5.74) is 0. The molecular weight excluding hydrogens is 258 g/mol. The van der Waals surface area contributed by atoms with E-state index in [9.17, 15) is 0 Å². The monoisotopic (exact) mass is 270 g/mol. The van der Waals surface area contributed by atoms with Gasteiger partial charge >= 0.3 is 0 Å². The molecule has 58 valence electrons. The molecule has 0 unspecified atom stereocenters. The normalized spacial score (nSPS) is 23.2. The van der Waals surface area contributed by atoms with Gasteiger partial charge in [0, 0.05) is 0 Å². The quantitative estimate of drug-likeness (QED) is 0.630. The van der Waals surface area contributed by atoms with Crippen LogP contribution in [0.4, 0.5) is 0 Å². The van der Waals surface area contributed by atoms with E-state index in [1.807, 2.05) is 0 Å². The summed E-state index contributed by atoms with van der Waals surface area (Å²) >= 11 is 7.93. The standard InChI is InChI=1S/C8H12ClI/c9-8(10)6-7-4-2-1-3-5-7/h6-7H,1-5H2/b8-6-. The predicted octanol–water partition coefficient (Wildman–Crippen LogP) is 4.08. The molecule has 1 rings (SSSR count). The number of halogens is 2. The smallest absolute Gasteiger partial charge is 0.0751 e. The van der Waals surface area contributed by atoms with Crippen LogP contribution in [0.2, 0.25) is 0 Å². The molecule has 1 fully saturated rings. The molecule has 0 amide bonds. The molecule has 10 heavy (non-hydrogen) atoms. The van der Waals surface area contributed by atoms with E-state index in [2.05, 4.69) is 28.7 Å². The van der Waals surface area contributed by atoms with Gasteiger partial charge in [0.1, 0.15) is 0 Å². The molecule has 2 heteroatoms. The number of hydrogen-bond donors (Lipinski definition) is 0. The Morgan fingerprint density at radius 3 is 2.40 bits per heavy atom. The van der Waals surface area contributed by atoms with Gasteiger partial charge < -0.3 is 0 Å². The Morgan fingerprint density at radius 2 is 1.90 bits per heavy atom. The Bertz CT molecular complexity index is 121. The summed E-state index contributed by atoms with van der Waals surface area (Å²) in [6.45, 7) is 0. The van der Waals surface area contributed by atoms with Crippen molar-refractivity contribution < 1.29 is 0 Å². The minimum atomic E-state index is 0.776. The second-order valence-corrected chi connectivity index (χ2v) is 5.06. The fourth-order valence-electron chi connectivity index (χ4n) is 1.48. The van der Waals surface area contributed by atoms with Gasteiger partial charge in [-0.05, 0) is 41.4 Å². The Kier molecular flexibility index (Phi) is 4.07. The highest BCUT2D eigenvalue weighted by atomic mass is 127. The van der Waals surface area contributed by atoms with Crippen LogP contribution in [0.15, 0.2) is 9.12 Å². The lowest BCUT2D eigenvalue weighted by Crippen LogP contribution is -2.02. The van der Waals surface area contributed by atoms with Crippen LogP contribution >= 0.6 is 34.2 Å². The molecule has 0 nitrogen and oxygen atoms in total. The maximum Gasteiger partial charge on any atom is 0.0751 e. The van der Waals surface area contributed by atoms with E-state index in [0.29, 0.717) is 0 Å². The third-order valence-corrected chi connectivity index (χ3v) is 2.50. The van der Waals surface area contributed by atoms with E-state index in [0.717, 1.165) is 8.96 Å². The SMILES string of the molecule is Cl/C(I)=C/C1CCCCC1. The molecule has 0 radical (unpaired) electrons. The third-order valence-electron chi connectivity index (χ3n) is 2.01. The van der Waals surface area contributed by atoms with Gasteiger partial charge in [-0.15, -0.1) is 0 Å². The first kappa shape index (κ1) is 8.85. The van der Waals surface area contributed by atoms with Gasteiger partial charge in [0.05, 0.1) is 3.04 Å². The molecule has 0 N–H and O–H groups in total. The highest BCUT2D eigenvalue weighted by molar-refractivity contribution is 14.1. The lowest BCUT2D eigenvalue weighted by Gasteiger charge is -2.17. The van der Waals surface area contributed by atoms with Crippen LogP contribution < -0.4 is 0 Å². The summed E-state index contributed by atoms with van der Waals surface area (Å²) in [5, 5.41) is 0. The molecule has 0 bridgehead atoms. The summed E-state index contributed by atoms with van der Waals surface area (Å²) in [5.74, 6) is 0.776. The minimum absolute atomic E-state index is 0.776. The second kappa shape index (κ2) is 4.60. The molecule has 1 aliphatic rings. The van der Waals surface area contributed by atoms with Gasteiger partial charge in [-0.3, -0.25) is 0 Å². The van der Waals surface area contributed by atoms with Gasteiger partial charge in [-0.25, -0.2) is 0 Å². The Hall–Kier alpha value is 0.760. The van der Waals surface area contributed by atoms with Crippen LogP contribution in [0, 0.1) is 5.92 Å². The number of allylic oxidation sites excluding steroid dienone is 1. The van der Waals surface area contributed by atoms with Crippen LogP contribution in [0.25, 0.3) is 0 Å². The fraction of sp³-hybridized carbons (Fsp3) is 0.750. The van der Waals surface area contributed by atoms with Gasteiger partial charge in [0.15, 0.2) is 0 Å². The first-order chi connectivity index (χ1) is 4.79. The van der Waals surface area contributed by atoms with Crippen LogP contribution in [0.3, 0.4) is 0 Å². The first-order valence-corrected chi connectivity index (χ1v) is 5.27. The zero-order valence-corrected chi connectivity index (χ0v) is 8.86. The van der Waals surface area contributed by atoms with Crippen molar-refractivity contribution in [3.8, 4) is 0 Å². The molecule has 0 aromatic heterocycles. The first-order valence-electron chi connectivity index (χ1n) is 3.82. The largest absolute Gasteiger partial charge is 0.0775 e. The molecule has 0 aliphatic heterocycles. The van der Waals surface area contributed by atoms with E-state index in [-0.39, 0.29) is 0 Å². The van der Waals surface area contributed by atoms with E-state index >= 15 is 0 Å². The van der Waals surface area contributed by atoms with Crippen LogP contribution in [0.1, 0.15) is 32.1 Å². The van der Waals surface area contributed by atoms with E-state index < -0.39 is 0 Å². The molecule has 0 heterocycles. The van der Waals surface area contributed by atoms with E-state index in [1.54, 1.807) is 0 Å². The molecule has 0 atom stereocenters. The van der Waals surface area contributed by atoms with Crippen LogP contribution in [-0.4, -0.2) is 0 Å². The zero-order valence-electron chi connectivity index (χ0n) is 5.95. The van der Waals surface area contributed by atoms with Crippen molar-refractivity contribution >= 4 is 34.2 Å². The average Bonchev–Trinajstić information content (AvgIpc) is 1.88. The molecule has 1 saturated carbocycles. The molecule has 1 aliphatic carbocycles. The Balaban J connectivity index is 2.33. The Labute approximate surface area is 81.2 Å². The number of hydrogen-bond acceptors (Lipinski definition) is 0.